The van der Waals surface area contributed by atoms with Crippen LogP contribution in [0.25, 0.3) is 0 Å². The highest BCUT2D eigenvalue weighted by Crippen LogP contribution is 2.38. The molecule has 2 N–H and O–H groups in total. The van der Waals surface area contributed by atoms with Crippen LogP contribution in [0.15, 0.2) is 12.5 Å². The smallest absolute Gasteiger partial charge is 0.328 e. The van der Waals surface area contributed by atoms with Crippen LogP contribution in [0.5, 0.6) is 0 Å². The Kier molecular flexibility index (Phi) is 5.39. The molecule has 1 aromatic rings. The SMILES string of the molecule is CNC(=O)CN1C(=O)N(CC(C)C)C2(CCN(C(=O)c3cnc[nH]3)CC2)C1=O. The van der Waals surface area contributed by atoms with Gasteiger partial charge in [-0.2, -0.15) is 0 Å². The molecule has 0 aromatic carbocycles. The molecule has 0 unspecified atom stereocenters. The number of likely N-dealkylation sites (N-methyl/N-ethyl adjacent to an activating group) is 1. The average Bonchev–Trinajstić information content (AvgIpc) is 3.27. The first-order valence-corrected chi connectivity index (χ1v) is 9.42. The van der Waals surface area contributed by atoms with Gasteiger partial charge in [0.1, 0.15) is 17.8 Å². The fraction of sp³-hybridized carbons (Fsp3) is 0.611. The van der Waals surface area contributed by atoms with Crippen molar-refractivity contribution < 1.29 is 19.2 Å². The molecule has 28 heavy (non-hydrogen) atoms. The number of H-pyrrole nitrogens is 1. The topological polar surface area (TPSA) is 119 Å². The van der Waals surface area contributed by atoms with Gasteiger partial charge in [0.15, 0.2) is 0 Å². The number of aromatic nitrogens is 2. The predicted octanol–water partition coefficient (Wildman–Crippen LogP) is 0.0507. The Morgan fingerprint density at radius 3 is 2.50 bits per heavy atom. The number of amides is 5. The second-order valence-corrected chi connectivity index (χ2v) is 7.64. The van der Waals surface area contributed by atoms with Crippen molar-refractivity contribution in [3.8, 4) is 0 Å². The van der Waals surface area contributed by atoms with Gasteiger partial charge in [-0.15, -0.1) is 0 Å². The van der Waals surface area contributed by atoms with Crippen LogP contribution in [-0.2, 0) is 9.59 Å². The van der Waals surface area contributed by atoms with Crippen molar-refractivity contribution in [2.24, 2.45) is 5.92 Å². The lowest BCUT2D eigenvalue weighted by molar-refractivity contribution is -0.138. The summed E-state index contributed by atoms with van der Waals surface area (Å²) < 4.78 is 0. The number of hydrogen-bond acceptors (Lipinski definition) is 5. The molecule has 1 spiro atoms. The lowest BCUT2D eigenvalue weighted by Crippen LogP contribution is -2.58. The molecule has 2 aliphatic rings. The number of imidazole rings is 1. The van der Waals surface area contributed by atoms with E-state index in [4.69, 9.17) is 0 Å². The highest BCUT2D eigenvalue weighted by molar-refractivity contribution is 6.09. The maximum Gasteiger partial charge on any atom is 0.328 e. The van der Waals surface area contributed by atoms with E-state index in [-0.39, 0.29) is 24.3 Å². The highest BCUT2D eigenvalue weighted by atomic mass is 16.2. The van der Waals surface area contributed by atoms with Crippen LogP contribution < -0.4 is 5.32 Å². The molecule has 5 amide bonds. The van der Waals surface area contributed by atoms with Gasteiger partial charge >= 0.3 is 6.03 Å². The van der Waals surface area contributed by atoms with Crippen LogP contribution in [0.3, 0.4) is 0 Å². The molecule has 3 heterocycles. The Balaban J connectivity index is 1.81. The van der Waals surface area contributed by atoms with Gasteiger partial charge in [0.2, 0.25) is 5.91 Å². The van der Waals surface area contributed by atoms with Crippen LogP contribution in [0.4, 0.5) is 4.79 Å². The van der Waals surface area contributed by atoms with Gasteiger partial charge in [-0.1, -0.05) is 13.8 Å². The normalized spacial score (nSPS) is 19.1. The van der Waals surface area contributed by atoms with Gasteiger partial charge in [-0.3, -0.25) is 19.3 Å². The van der Waals surface area contributed by atoms with Crippen molar-refractivity contribution in [1.29, 1.82) is 0 Å². The molecule has 10 heteroatoms. The van der Waals surface area contributed by atoms with E-state index >= 15 is 0 Å². The molecule has 2 aliphatic heterocycles. The molecule has 10 nitrogen and oxygen atoms in total. The summed E-state index contributed by atoms with van der Waals surface area (Å²) in [6.07, 6.45) is 3.59. The number of imide groups is 1. The van der Waals surface area contributed by atoms with Gasteiger partial charge in [0.25, 0.3) is 11.8 Å². The molecular weight excluding hydrogens is 364 g/mol. The Hall–Kier alpha value is -2.91. The molecule has 2 saturated heterocycles. The van der Waals surface area contributed by atoms with Crippen molar-refractivity contribution in [3.05, 3.63) is 18.2 Å². The Morgan fingerprint density at radius 1 is 1.29 bits per heavy atom. The molecule has 1 aromatic heterocycles. The maximum atomic E-state index is 13.2. The summed E-state index contributed by atoms with van der Waals surface area (Å²) in [7, 11) is 1.47. The van der Waals surface area contributed by atoms with E-state index in [0.717, 1.165) is 4.90 Å². The number of hydrogen-bond donors (Lipinski definition) is 2. The first-order valence-electron chi connectivity index (χ1n) is 9.42. The quantitative estimate of drug-likeness (QED) is 0.689. The first-order chi connectivity index (χ1) is 13.3. The van der Waals surface area contributed by atoms with E-state index in [1.807, 2.05) is 13.8 Å². The molecular formula is C18H26N6O4. The number of rotatable bonds is 5. The lowest BCUT2D eigenvalue weighted by Gasteiger charge is -2.42. The zero-order chi connectivity index (χ0) is 20.5. The van der Waals surface area contributed by atoms with Crippen LogP contribution in [0.2, 0.25) is 0 Å². The molecule has 0 bridgehead atoms. The molecule has 0 atom stereocenters. The van der Waals surface area contributed by atoms with E-state index in [2.05, 4.69) is 15.3 Å². The number of likely N-dealkylation sites (tertiary alicyclic amines) is 1. The second-order valence-electron chi connectivity index (χ2n) is 7.64. The highest BCUT2D eigenvalue weighted by Gasteiger charge is 2.58. The summed E-state index contributed by atoms with van der Waals surface area (Å²) in [6, 6.07) is -0.435. The van der Waals surface area contributed by atoms with Crippen molar-refractivity contribution in [3.63, 3.8) is 0 Å². The average molecular weight is 390 g/mol. The number of carbonyl (C=O) groups excluding carboxylic acids is 4. The fourth-order valence-electron chi connectivity index (χ4n) is 3.87. The number of aromatic amines is 1. The van der Waals surface area contributed by atoms with Crippen molar-refractivity contribution in [2.45, 2.75) is 32.2 Å². The van der Waals surface area contributed by atoms with Crippen molar-refractivity contribution >= 4 is 23.8 Å². The van der Waals surface area contributed by atoms with Gasteiger partial charge in [0.05, 0.1) is 12.5 Å². The van der Waals surface area contributed by atoms with E-state index in [1.54, 1.807) is 9.80 Å². The summed E-state index contributed by atoms with van der Waals surface area (Å²) >= 11 is 0. The van der Waals surface area contributed by atoms with Crippen LogP contribution in [0.1, 0.15) is 37.2 Å². The summed E-state index contributed by atoms with van der Waals surface area (Å²) in [5.41, 5.74) is -0.606. The van der Waals surface area contributed by atoms with Crippen LogP contribution in [-0.4, -0.2) is 87.2 Å². The lowest BCUT2D eigenvalue weighted by atomic mass is 9.85. The first kappa shape index (κ1) is 19.8. The van der Waals surface area contributed by atoms with Gasteiger partial charge < -0.3 is 20.1 Å². The Morgan fingerprint density at radius 2 is 1.96 bits per heavy atom. The van der Waals surface area contributed by atoms with Crippen LogP contribution in [0, 0.1) is 5.92 Å². The number of piperidine rings is 1. The van der Waals surface area contributed by atoms with E-state index in [1.165, 1.54) is 19.6 Å². The fourth-order valence-corrected chi connectivity index (χ4v) is 3.87. The predicted molar refractivity (Wildman–Crippen MR) is 99.2 cm³/mol. The van der Waals surface area contributed by atoms with E-state index in [9.17, 15) is 19.2 Å². The molecule has 0 radical (unpaired) electrons. The zero-order valence-corrected chi connectivity index (χ0v) is 16.4. The third kappa shape index (κ3) is 3.34. The molecule has 0 aliphatic carbocycles. The summed E-state index contributed by atoms with van der Waals surface area (Å²) in [6.45, 7) is 4.77. The Labute approximate surface area is 163 Å². The van der Waals surface area contributed by atoms with E-state index < -0.39 is 17.5 Å². The minimum Gasteiger partial charge on any atom is -0.358 e. The van der Waals surface area contributed by atoms with Gasteiger partial charge in [-0.25, -0.2) is 9.78 Å². The minimum absolute atomic E-state index is 0.165. The third-order valence-corrected chi connectivity index (χ3v) is 5.36. The second kappa shape index (κ2) is 7.61. The molecule has 0 saturated carbocycles. The summed E-state index contributed by atoms with van der Waals surface area (Å²) in [4.78, 5) is 61.4. The van der Waals surface area contributed by atoms with E-state index in [0.29, 0.717) is 38.2 Å². The van der Waals surface area contributed by atoms with Gasteiger partial charge in [-0.05, 0) is 18.8 Å². The maximum absolute atomic E-state index is 13.2. The largest absolute Gasteiger partial charge is 0.358 e. The summed E-state index contributed by atoms with van der Waals surface area (Å²) in [5, 5.41) is 2.45. The monoisotopic (exact) mass is 390 g/mol. The zero-order valence-electron chi connectivity index (χ0n) is 16.4. The van der Waals surface area contributed by atoms with Gasteiger partial charge in [0, 0.05) is 26.7 Å². The molecule has 3 rings (SSSR count). The van der Waals surface area contributed by atoms with Crippen LogP contribution >= 0.6 is 0 Å². The van der Waals surface area contributed by atoms with Crippen molar-refractivity contribution in [1.82, 2.24) is 30.0 Å². The number of urea groups is 1. The molecule has 2 fully saturated rings. The number of carbonyl (C=O) groups is 4. The van der Waals surface area contributed by atoms with Crippen molar-refractivity contribution in [2.75, 3.05) is 33.2 Å². The summed E-state index contributed by atoms with van der Waals surface area (Å²) in [5.74, 6) is -0.759. The number of nitrogens with one attached hydrogen (secondary N) is 2. The number of nitrogens with zero attached hydrogens (tertiary/aromatic N) is 4. The minimum atomic E-state index is -1.000. The standard InChI is InChI=1S/C18H26N6O4/c1-12(2)9-24-17(28)23(10-14(25)19-3)16(27)18(24)4-6-22(7-5-18)15(26)13-8-20-11-21-13/h8,11-12H,4-7,9-10H2,1-3H3,(H,19,25)(H,20,21). The molecule has 152 valence electrons. The third-order valence-electron chi connectivity index (χ3n) is 5.36. The Bertz CT molecular complexity index is 767.